The van der Waals surface area contributed by atoms with Crippen LogP contribution in [0.1, 0.15) is 42.0 Å². The summed E-state index contributed by atoms with van der Waals surface area (Å²) in [6.07, 6.45) is -6.08. The van der Waals surface area contributed by atoms with Crippen LogP contribution in [0.3, 0.4) is 0 Å². The molecule has 0 aliphatic rings. The summed E-state index contributed by atoms with van der Waals surface area (Å²) in [5, 5.41) is 22.1. The predicted octanol–water partition coefficient (Wildman–Crippen LogP) is 9.40. The molecule has 0 N–H and O–H groups in total. The summed E-state index contributed by atoms with van der Waals surface area (Å²) in [5.74, 6) is -0.719. The number of nitro groups is 2. The van der Waals surface area contributed by atoms with Gasteiger partial charge in [-0.15, -0.1) is 0 Å². The number of non-ortho nitro benzene ring substituents is 2. The largest absolute Gasteiger partial charge is 0.494 e. The number of rotatable bonds is 17. The fourth-order valence-electron chi connectivity index (χ4n) is 5.14. The molecule has 0 aliphatic carbocycles. The topological polar surface area (TPSA) is 131 Å². The van der Waals surface area contributed by atoms with Gasteiger partial charge in [0.05, 0.1) is 28.6 Å². The molecule has 0 saturated heterocycles. The van der Waals surface area contributed by atoms with Crippen molar-refractivity contribution < 1.29 is 50.8 Å². The molecule has 4 aromatic rings. The van der Waals surface area contributed by atoms with Crippen molar-refractivity contribution in [2.75, 3.05) is 13.2 Å². The summed E-state index contributed by atoms with van der Waals surface area (Å²) in [6, 6.07) is 21.9. The Kier molecular flexibility index (Phi) is 12.7. The zero-order valence-corrected chi connectivity index (χ0v) is 27.7. The smallest absolute Gasteiger partial charge is 0.426 e. The van der Waals surface area contributed by atoms with Crippen LogP contribution in [0.15, 0.2) is 103 Å². The van der Waals surface area contributed by atoms with Gasteiger partial charge in [-0.2, -0.15) is 22.0 Å². The Morgan fingerprint density at radius 1 is 0.731 bits per heavy atom. The number of hydrogen-bond acceptors (Lipinski definition) is 8. The fourth-order valence-corrected chi connectivity index (χ4v) is 5.14. The molecule has 274 valence electrons. The standard InChI is InChI=1S/C37H33F5N2O8/c1-35(23-27-5-12-30(13-6-27)43(46)47,24-28-7-14-31(15-8-28)44(48)49)25-51-34(45)20-9-26-3-10-29(11-4-26)37(41,42)52-33-18-16-32(17-19-33)50-22-2-21-36(38,39)40/h3-20H,2,21-25H2,1H3/b20-9+. The lowest BCUT2D eigenvalue weighted by atomic mass is 9.79. The Morgan fingerprint density at radius 2 is 1.23 bits per heavy atom. The van der Waals surface area contributed by atoms with E-state index >= 15 is 0 Å². The first-order chi connectivity index (χ1) is 24.5. The average Bonchev–Trinajstić information content (AvgIpc) is 3.09. The fraction of sp³-hybridized carbons (Fsp3) is 0.270. The molecule has 15 heteroatoms. The lowest BCUT2D eigenvalue weighted by molar-refractivity contribution is -0.385. The van der Waals surface area contributed by atoms with Crippen LogP contribution in [-0.4, -0.2) is 35.2 Å². The van der Waals surface area contributed by atoms with E-state index in [0.29, 0.717) is 18.4 Å². The lowest BCUT2D eigenvalue weighted by Gasteiger charge is -2.29. The maximum absolute atomic E-state index is 14.9. The van der Waals surface area contributed by atoms with Crippen LogP contribution in [-0.2, 0) is 28.5 Å². The van der Waals surface area contributed by atoms with Crippen molar-refractivity contribution in [3.8, 4) is 11.5 Å². The normalized spacial score (nSPS) is 12.0. The minimum absolute atomic E-state index is 0.0805. The number of carbonyl (C=O) groups excluding carboxylic acids is 1. The third-order valence-electron chi connectivity index (χ3n) is 7.72. The molecule has 52 heavy (non-hydrogen) atoms. The molecular weight excluding hydrogens is 695 g/mol. The number of nitro benzene ring substituents is 2. The van der Waals surface area contributed by atoms with Gasteiger partial charge < -0.3 is 14.2 Å². The molecule has 0 heterocycles. The second-order valence-corrected chi connectivity index (χ2v) is 12.2. The van der Waals surface area contributed by atoms with Gasteiger partial charge in [-0.3, -0.25) is 20.2 Å². The van der Waals surface area contributed by atoms with Crippen LogP contribution in [0.4, 0.5) is 33.3 Å². The van der Waals surface area contributed by atoms with Crippen molar-refractivity contribution >= 4 is 23.4 Å². The third-order valence-corrected chi connectivity index (χ3v) is 7.72. The number of esters is 1. The van der Waals surface area contributed by atoms with E-state index in [-0.39, 0.29) is 42.5 Å². The SMILES string of the molecule is CC(COC(=O)/C=C/c1ccc(C(F)(F)Oc2ccc(OCCCC(F)(F)F)cc2)cc1)(Cc1ccc([N+](=O)[O-])cc1)Cc1ccc([N+](=O)[O-])cc1. The first kappa shape index (κ1) is 38.9. The Hall–Kier alpha value is -5.86. The second-order valence-electron chi connectivity index (χ2n) is 12.2. The highest BCUT2D eigenvalue weighted by Gasteiger charge is 2.34. The summed E-state index contributed by atoms with van der Waals surface area (Å²) in [6.45, 7) is 1.57. The zero-order valence-electron chi connectivity index (χ0n) is 27.7. The van der Waals surface area contributed by atoms with E-state index < -0.39 is 45.5 Å². The molecule has 0 aliphatic heterocycles. The van der Waals surface area contributed by atoms with E-state index in [9.17, 15) is 47.0 Å². The molecule has 0 atom stereocenters. The van der Waals surface area contributed by atoms with Crippen molar-refractivity contribution in [2.45, 2.75) is 44.9 Å². The number of nitrogens with zero attached hydrogens (tertiary/aromatic N) is 2. The summed E-state index contributed by atoms with van der Waals surface area (Å²) >= 11 is 0. The van der Waals surface area contributed by atoms with Crippen LogP contribution < -0.4 is 9.47 Å². The highest BCUT2D eigenvalue weighted by Crippen LogP contribution is 2.33. The molecular formula is C37H33F5N2O8. The first-order valence-electron chi connectivity index (χ1n) is 15.8. The van der Waals surface area contributed by atoms with Crippen molar-refractivity contribution in [3.63, 3.8) is 0 Å². The monoisotopic (exact) mass is 728 g/mol. The maximum Gasteiger partial charge on any atom is 0.426 e. The van der Waals surface area contributed by atoms with Crippen LogP contribution in [0.5, 0.6) is 11.5 Å². The number of alkyl halides is 5. The Bertz CT molecular complexity index is 1790. The van der Waals surface area contributed by atoms with Gasteiger partial charge in [0.15, 0.2) is 0 Å². The van der Waals surface area contributed by atoms with Crippen molar-refractivity contribution in [2.24, 2.45) is 5.41 Å². The Labute approximate surface area is 294 Å². The van der Waals surface area contributed by atoms with Crippen molar-refractivity contribution in [1.29, 1.82) is 0 Å². The molecule has 0 spiro atoms. The van der Waals surface area contributed by atoms with Crippen LogP contribution in [0.25, 0.3) is 6.08 Å². The van der Waals surface area contributed by atoms with Gasteiger partial charge in [0, 0.05) is 42.2 Å². The average molecular weight is 729 g/mol. The Morgan fingerprint density at radius 3 is 1.71 bits per heavy atom. The minimum Gasteiger partial charge on any atom is -0.494 e. The summed E-state index contributed by atoms with van der Waals surface area (Å²) in [4.78, 5) is 33.8. The van der Waals surface area contributed by atoms with Gasteiger partial charge in [0.1, 0.15) is 11.5 Å². The minimum atomic E-state index is -4.29. The molecule has 4 rings (SSSR count). The Balaban J connectivity index is 1.35. The molecule has 10 nitrogen and oxygen atoms in total. The lowest BCUT2D eigenvalue weighted by Crippen LogP contribution is -2.30. The maximum atomic E-state index is 14.9. The van der Waals surface area contributed by atoms with Crippen LogP contribution in [0.2, 0.25) is 0 Å². The first-order valence-corrected chi connectivity index (χ1v) is 15.8. The second kappa shape index (κ2) is 16.9. The van der Waals surface area contributed by atoms with E-state index in [1.54, 1.807) is 24.3 Å². The van der Waals surface area contributed by atoms with E-state index in [4.69, 9.17) is 14.2 Å². The van der Waals surface area contributed by atoms with E-state index in [1.165, 1.54) is 66.7 Å². The van der Waals surface area contributed by atoms with Gasteiger partial charge in [0.25, 0.3) is 11.4 Å². The summed E-state index contributed by atoms with van der Waals surface area (Å²) < 4.78 is 82.1. The van der Waals surface area contributed by atoms with Gasteiger partial charge >= 0.3 is 18.3 Å². The van der Waals surface area contributed by atoms with Gasteiger partial charge in [0.2, 0.25) is 0 Å². The molecule has 0 radical (unpaired) electrons. The van der Waals surface area contributed by atoms with Crippen LogP contribution >= 0.6 is 0 Å². The molecule has 4 aromatic carbocycles. The number of carbonyl (C=O) groups is 1. The van der Waals surface area contributed by atoms with E-state index in [2.05, 4.69) is 0 Å². The molecule has 0 unspecified atom stereocenters. The third kappa shape index (κ3) is 12.2. The molecule has 0 bridgehead atoms. The highest BCUT2D eigenvalue weighted by atomic mass is 19.4. The van der Waals surface area contributed by atoms with Crippen molar-refractivity contribution in [3.05, 3.63) is 146 Å². The number of ether oxygens (including phenoxy) is 3. The van der Waals surface area contributed by atoms with Crippen molar-refractivity contribution in [1.82, 2.24) is 0 Å². The highest BCUT2D eigenvalue weighted by molar-refractivity contribution is 5.87. The van der Waals surface area contributed by atoms with Gasteiger partial charge in [-0.05, 0) is 78.4 Å². The predicted molar refractivity (Wildman–Crippen MR) is 180 cm³/mol. The van der Waals surface area contributed by atoms with E-state index in [0.717, 1.165) is 29.3 Å². The zero-order chi connectivity index (χ0) is 37.9. The molecule has 0 fully saturated rings. The van der Waals surface area contributed by atoms with Gasteiger partial charge in [-0.25, -0.2) is 4.79 Å². The summed E-state index contributed by atoms with van der Waals surface area (Å²) in [5.41, 5.74) is 0.521. The van der Waals surface area contributed by atoms with Gasteiger partial charge in [-0.1, -0.05) is 43.3 Å². The molecule has 0 amide bonds. The number of hydrogen-bond donors (Lipinski definition) is 0. The molecule has 0 aromatic heterocycles. The number of benzene rings is 4. The summed E-state index contributed by atoms with van der Waals surface area (Å²) in [7, 11) is 0. The number of halogens is 5. The van der Waals surface area contributed by atoms with Crippen LogP contribution in [0, 0.1) is 25.6 Å². The quantitative estimate of drug-likeness (QED) is 0.0263. The van der Waals surface area contributed by atoms with E-state index in [1.807, 2.05) is 6.92 Å². The molecule has 0 saturated carbocycles.